The third kappa shape index (κ3) is 4.11. The average Bonchev–Trinajstić information content (AvgIpc) is 2.45. The van der Waals surface area contributed by atoms with Gasteiger partial charge in [0.1, 0.15) is 0 Å². The number of hydrogen-bond acceptors (Lipinski definition) is 3. The van der Waals surface area contributed by atoms with Gasteiger partial charge in [-0.2, -0.15) is 0 Å². The molecule has 0 aliphatic rings. The van der Waals surface area contributed by atoms with Gasteiger partial charge in [-0.15, -0.1) is 0 Å². The van der Waals surface area contributed by atoms with Gasteiger partial charge in [-0.3, -0.25) is 4.99 Å². The van der Waals surface area contributed by atoms with Gasteiger partial charge in [0.25, 0.3) is 0 Å². The monoisotopic (exact) mass is 415 g/mol. The minimum atomic E-state index is 0.161. The van der Waals surface area contributed by atoms with Crippen molar-refractivity contribution in [2.24, 2.45) is 4.99 Å². The van der Waals surface area contributed by atoms with Gasteiger partial charge in [-0.05, 0) is 71.8 Å². The number of phenols is 1. The second-order valence-electron chi connectivity index (χ2n) is 4.47. The van der Waals surface area contributed by atoms with E-state index in [1.165, 1.54) is 0 Å². The molecule has 1 N–H and O–H groups in total. The normalized spacial score (nSPS) is 11.0. The van der Waals surface area contributed by atoms with E-state index >= 15 is 0 Å². The number of ether oxygens (including phenoxy) is 1. The summed E-state index contributed by atoms with van der Waals surface area (Å²) in [6.45, 7) is 4.36. The predicted molar refractivity (Wildman–Crippen MR) is 95.4 cm³/mol. The van der Waals surface area contributed by atoms with Gasteiger partial charge in [0.2, 0.25) is 0 Å². The molecule has 0 fully saturated rings. The molecule has 2 aromatic carbocycles. The zero-order valence-corrected chi connectivity index (χ0v) is 14.6. The molecule has 0 atom stereocenters. The molecule has 0 spiro atoms. The van der Waals surface area contributed by atoms with Crippen LogP contribution in [0.3, 0.4) is 0 Å². The molecule has 110 valence electrons. The molecular weight excluding hydrogens is 401 g/mol. The molecule has 5 heteroatoms. The minimum Gasteiger partial charge on any atom is -0.504 e. The molecule has 0 unspecified atom stereocenters. The molecular formula is C16H15ClINO2. The Bertz CT molecular complexity index is 686. The van der Waals surface area contributed by atoms with E-state index in [2.05, 4.69) is 27.6 Å². The Labute approximate surface area is 142 Å². The van der Waals surface area contributed by atoms with Crippen LogP contribution in [0.4, 0.5) is 5.69 Å². The van der Waals surface area contributed by atoms with Crippen LogP contribution in [0.1, 0.15) is 18.1 Å². The van der Waals surface area contributed by atoms with E-state index in [1.54, 1.807) is 12.3 Å². The van der Waals surface area contributed by atoms with Crippen LogP contribution in [0.25, 0.3) is 0 Å². The Morgan fingerprint density at radius 2 is 2.10 bits per heavy atom. The Balaban J connectivity index is 2.34. The average molecular weight is 416 g/mol. The molecule has 0 aromatic heterocycles. The van der Waals surface area contributed by atoms with Crippen molar-refractivity contribution in [1.82, 2.24) is 0 Å². The first-order valence-electron chi connectivity index (χ1n) is 6.46. The van der Waals surface area contributed by atoms with E-state index in [0.29, 0.717) is 17.4 Å². The van der Waals surface area contributed by atoms with Gasteiger partial charge in [-0.1, -0.05) is 17.7 Å². The van der Waals surface area contributed by atoms with Crippen LogP contribution in [0, 0.1) is 10.5 Å². The van der Waals surface area contributed by atoms with Crippen molar-refractivity contribution in [2.45, 2.75) is 13.8 Å². The third-order valence-electron chi connectivity index (χ3n) is 2.87. The number of aliphatic imine (C=N–C) groups is 1. The van der Waals surface area contributed by atoms with Crippen LogP contribution in [0.2, 0.25) is 5.02 Å². The van der Waals surface area contributed by atoms with Gasteiger partial charge in [-0.25, -0.2) is 0 Å². The zero-order valence-electron chi connectivity index (χ0n) is 11.7. The first kappa shape index (κ1) is 16.1. The molecule has 2 aromatic rings. The van der Waals surface area contributed by atoms with Crippen LogP contribution in [0.5, 0.6) is 11.5 Å². The van der Waals surface area contributed by atoms with Crippen molar-refractivity contribution in [2.75, 3.05) is 6.61 Å². The Morgan fingerprint density at radius 3 is 2.81 bits per heavy atom. The summed E-state index contributed by atoms with van der Waals surface area (Å²) in [5, 5.41) is 10.6. The summed E-state index contributed by atoms with van der Waals surface area (Å²) in [5.41, 5.74) is 2.73. The quantitative estimate of drug-likeness (QED) is 0.557. The first-order chi connectivity index (χ1) is 10.0. The largest absolute Gasteiger partial charge is 0.504 e. The maximum absolute atomic E-state index is 9.92. The summed E-state index contributed by atoms with van der Waals surface area (Å²) in [6, 6.07) is 9.21. The van der Waals surface area contributed by atoms with Crippen molar-refractivity contribution < 1.29 is 9.84 Å². The van der Waals surface area contributed by atoms with E-state index in [4.69, 9.17) is 16.3 Å². The maximum Gasteiger partial charge on any atom is 0.171 e. The van der Waals surface area contributed by atoms with E-state index in [-0.39, 0.29) is 5.75 Å². The number of nitrogens with zero attached hydrogens (tertiary/aromatic N) is 1. The lowest BCUT2D eigenvalue weighted by molar-refractivity contribution is 0.317. The lowest BCUT2D eigenvalue weighted by atomic mass is 10.2. The third-order valence-corrected chi connectivity index (χ3v) is 3.93. The summed E-state index contributed by atoms with van der Waals surface area (Å²) in [5.74, 6) is 0.627. The number of halogens is 2. The van der Waals surface area contributed by atoms with Crippen LogP contribution >= 0.6 is 34.2 Å². The molecule has 0 bridgehead atoms. The van der Waals surface area contributed by atoms with Crippen LogP contribution < -0.4 is 4.74 Å². The number of aryl methyl sites for hydroxylation is 1. The van der Waals surface area contributed by atoms with Gasteiger partial charge in [0, 0.05) is 11.2 Å². The van der Waals surface area contributed by atoms with E-state index in [9.17, 15) is 5.11 Å². The molecule has 2 rings (SSSR count). The van der Waals surface area contributed by atoms with Gasteiger partial charge in [0.05, 0.1) is 15.9 Å². The fourth-order valence-corrected chi connectivity index (χ4v) is 2.59. The highest BCUT2D eigenvalue weighted by atomic mass is 127. The maximum atomic E-state index is 9.92. The predicted octanol–water partition coefficient (Wildman–Crippen LogP) is 5.11. The van der Waals surface area contributed by atoms with Crippen molar-refractivity contribution in [3.8, 4) is 11.5 Å². The van der Waals surface area contributed by atoms with Crippen LogP contribution in [-0.2, 0) is 0 Å². The number of hydrogen-bond donors (Lipinski definition) is 1. The zero-order chi connectivity index (χ0) is 15.4. The van der Waals surface area contributed by atoms with Crippen molar-refractivity contribution >= 4 is 46.1 Å². The van der Waals surface area contributed by atoms with Crippen LogP contribution in [0.15, 0.2) is 35.3 Å². The molecule has 0 amide bonds. The first-order valence-corrected chi connectivity index (χ1v) is 7.92. The highest BCUT2D eigenvalue weighted by Gasteiger charge is 2.08. The Morgan fingerprint density at radius 1 is 1.33 bits per heavy atom. The summed E-state index contributed by atoms with van der Waals surface area (Å²) in [6.07, 6.45) is 1.74. The molecule has 3 nitrogen and oxygen atoms in total. The lowest BCUT2D eigenvalue weighted by Crippen LogP contribution is -1.95. The molecule has 0 heterocycles. The van der Waals surface area contributed by atoms with Crippen molar-refractivity contribution in [3.63, 3.8) is 0 Å². The second-order valence-corrected chi connectivity index (χ2v) is 6.07. The molecule has 0 radical (unpaired) electrons. The Hall–Kier alpha value is -1.27. The summed E-state index contributed by atoms with van der Waals surface area (Å²) in [7, 11) is 0. The molecule has 0 aliphatic carbocycles. The van der Waals surface area contributed by atoms with Crippen LogP contribution in [-0.4, -0.2) is 17.9 Å². The molecule has 0 aliphatic heterocycles. The van der Waals surface area contributed by atoms with E-state index < -0.39 is 0 Å². The Kier molecular flexibility index (Phi) is 5.47. The minimum absolute atomic E-state index is 0.161. The summed E-state index contributed by atoms with van der Waals surface area (Å²) in [4.78, 5) is 4.46. The molecule has 0 saturated heterocycles. The number of aromatic hydroxyl groups is 1. The molecule has 21 heavy (non-hydrogen) atoms. The highest BCUT2D eigenvalue weighted by molar-refractivity contribution is 14.1. The summed E-state index contributed by atoms with van der Waals surface area (Å²) >= 11 is 8.05. The standard InChI is InChI=1S/C16H15ClINO2/c1-3-21-15-7-11(6-13(18)16(15)20)9-19-14-8-12(17)5-4-10(14)2/h4-9,20H,3H2,1-2H3. The SMILES string of the molecule is CCOc1cc(C=Nc2cc(Cl)ccc2C)cc(I)c1O. The van der Waals surface area contributed by atoms with Gasteiger partial charge < -0.3 is 9.84 Å². The lowest BCUT2D eigenvalue weighted by Gasteiger charge is -2.08. The van der Waals surface area contributed by atoms with Gasteiger partial charge in [0.15, 0.2) is 11.5 Å². The number of benzene rings is 2. The smallest absolute Gasteiger partial charge is 0.171 e. The fraction of sp³-hybridized carbons (Fsp3) is 0.188. The molecule has 0 saturated carbocycles. The fourth-order valence-electron chi connectivity index (χ4n) is 1.80. The highest BCUT2D eigenvalue weighted by Crippen LogP contribution is 2.32. The van der Waals surface area contributed by atoms with E-state index in [1.807, 2.05) is 38.1 Å². The second kappa shape index (κ2) is 7.13. The topological polar surface area (TPSA) is 41.8 Å². The van der Waals surface area contributed by atoms with Crippen molar-refractivity contribution in [1.29, 1.82) is 0 Å². The summed E-state index contributed by atoms with van der Waals surface area (Å²) < 4.78 is 6.14. The number of phenolic OH excluding ortho intramolecular Hbond substituents is 1. The van der Waals surface area contributed by atoms with Gasteiger partial charge >= 0.3 is 0 Å². The number of rotatable bonds is 4. The van der Waals surface area contributed by atoms with Crippen molar-refractivity contribution in [3.05, 3.63) is 50.1 Å². The van der Waals surface area contributed by atoms with E-state index in [0.717, 1.165) is 20.4 Å².